The number of nitrogens with one attached hydrogen (secondary N) is 1. The molecule has 4 nitrogen and oxygen atoms in total. The van der Waals surface area contributed by atoms with E-state index < -0.39 is 0 Å². The van der Waals surface area contributed by atoms with Crippen LogP contribution in [-0.2, 0) is 0 Å². The van der Waals surface area contributed by atoms with Crippen LogP contribution in [0.3, 0.4) is 0 Å². The second-order valence-corrected chi connectivity index (χ2v) is 5.68. The zero-order valence-corrected chi connectivity index (χ0v) is 12.9. The highest BCUT2D eigenvalue weighted by atomic mass is 16.5. The number of anilines is 1. The fourth-order valence-electron chi connectivity index (χ4n) is 2.89. The number of aliphatic hydroxyl groups excluding tert-OH is 1. The third-order valence-electron chi connectivity index (χ3n) is 4.08. The van der Waals surface area contributed by atoms with Gasteiger partial charge in [-0.1, -0.05) is 25.7 Å². The maximum atomic E-state index is 8.88. The monoisotopic (exact) mass is 293 g/mol. The van der Waals surface area contributed by atoms with Crippen LogP contribution in [0.1, 0.15) is 38.5 Å². The number of methoxy groups -OCH3 is 1. The molecule has 2 rings (SSSR count). The smallest absolute Gasteiger partial charge is 0.163 e. The van der Waals surface area contributed by atoms with Crippen LogP contribution in [0, 0.1) is 5.92 Å². The molecule has 1 aliphatic rings. The summed E-state index contributed by atoms with van der Waals surface area (Å²) in [6.45, 7) is 1.30. The molecular formula is C17H27NO3. The van der Waals surface area contributed by atoms with E-state index in [1.54, 1.807) is 7.11 Å². The van der Waals surface area contributed by atoms with Gasteiger partial charge >= 0.3 is 0 Å². The van der Waals surface area contributed by atoms with Crippen molar-refractivity contribution < 1.29 is 14.6 Å². The molecule has 2 N–H and O–H groups in total. The van der Waals surface area contributed by atoms with E-state index in [9.17, 15) is 0 Å². The molecule has 1 fully saturated rings. The highest BCUT2D eigenvalue weighted by molar-refractivity contribution is 5.54. The molecule has 0 amide bonds. The predicted octanol–water partition coefficient (Wildman–Crippen LogP) is 3.45. The van der Waals surface area contributed by atoms with Crippen molar-refractivity contribution in [1.29, 1.82) is 0 Å². The van der Waals surface area contributed by atoms with Crippen LogP contribution in [0.5, 0.6) is 11.5 Å². The predicted molar refractivity (Wildman–Crippen MR) is 85.3 cm³/mol. The topological polar surface area (TPSA) is 50.7 Å². The minimum Gasteiger partial charge on any atom is -0.493 e. The van der Waals surface area contributed by atoms with Gasteiger partial charge in [0.1, 0.15) is 6.61 Å². The summed E-state index contributed by atoms with van der Waals surface area (Å²) in [6.07, 6.45) is 8.16. The van der Waals surface area contributed by atoms with Crippen LogP contribution >= 0.6 is 0 Å². The van der Waals surface area contributed by atoms with Gasteiger partial charge in [0.15, 0.2) is 11.5 Å². The first-order chi connectivity index (χ1) is 10.3. The number of ether oxygens (including phenoxy) is 2. The largest absolute Gasteiger partial charge is 0.493 e. The number of aliphatic hydroxyl groups is 1. The molecule has 0 heterocycles. The first kappa shape index (κ1) is 16.0. The second-order valence-electron chi connectivity index (χ2n) is 5.68. The van der Waals surface area contributed by atoms with E-state index in [2.05, 4.69) is 5.32 Å². The van der Waals surface area contributed by atoms with Crippen molar-refractivity contribution >= 4 is 5.69 Å². The third-order valence-corrected chi connectivity index (χ3v) is 4.08. The molecular weight excluding hydrogens is 266 g/mol. The zero-order chi connectivity index (χ0) is 14.9. The van der Waals surface area contributed by atoms with Gasteiger partial charge in [0, 0.05) is 18.3 Å². The summed E-state index contributed by atoms with van der Waals surface area (Å²) in [5, 5.41) is 12.4. The molecule has 0 unspecified atom stereocenters. The second kappa shape index (κ2) is 8.78. The molecule has 0 radical (unpaired) electrons. The van der Waals surface area contributed by atoms with Gasteiger partial charge in [-0.2, -0.15) is 0 Å². The van der Waals surface area contributed by atoms with Crippen molar-refractivity contribution in [1.82, 2.24) is 0 Å². The van der Waals surface area contributed by atoms with E-state index in [0.29, 0.717) is 11.5 Å². The molecule has 21 heavy (non-hydrogen) atoms. The van der Waals surface area contributed by atoms with Crippen LogP contribution in [0.2, 0.25) is 0 Å². The fourth-order valence-corrected chi connectivity index (χ4v) is 2.89. The minimum atomic E-state index is 0.00286. The lowest BCUT2D eigenvalue weighted by atomic mass is 10.0. The van der Waals surface area contributed by atoms with Gasteiger partial charge in [0.25, 0.3) is 0 Å². The molecule has 0 atom stereocenters. The Morgan fingerprint density at radius 3 is 2.57 bits per heavy atom. The SMILES string of the molecule is COc1ccc(NCC2CCCCCC2)cc1OCCO. The Morgan fingerprint density at radius 1 is 1.14 bits per heavy atom. The molecule has 0 saturated heterocycles. The van der Waals surface area contributed by atoms with Crippen molar-refractivity contribution in [3.63, 3.8) is 0 Å². The first-order valence-electron chi connectivity index (χ1n) is 7.99. The quantitative estimate of drug-likeness (QED) is 0.756. The molecule has 0 aliphatic heterocycles. The van der Waals surface area contributed by atoms with Gasteiger partial charge in [-0.25, -0.2) is 0 Å². The van der Waals surface area contributed by atoms with Crippen molar-refractivity contribution in [2.75, 3.05) is 32.2 Å². The number of hydrogen-bond donors (Lipinski definition) is 2. The van der Waals surface area contributed by atoms with Crippen LogP contribution in [0.25, 0.3) is 0 Å². The molecule has 1 saturated carbocycles. The van der Waals surface area contributed by atoms with E-state index in [1.165, 1.54) is 38.5 Å². The fraction of sp³-hybridized carbons (Fsp3) is 0.647. The van der Waals surface area contributed by atoms with Gasteiger partial charge in [0.2, 0.25) is 0 Å². The van der Waals surface area contributed by atoms with Gasteiger partial charge < -0.3 is 19.9 Å². The van der Waals surface area contributed by atoms with Gasteiger partial charge in [-0.15, -0.1) is 0 Å². The van der Waals surface area contributed by atoms with Crippen LogP contribution < -0.4 is 14.8 Å². The highest BCUT2D eigenvalue weighted by Crippen LogP contribution is 2.31. The van der Waals surface area contributed by atoms with Crippen LogP contribution in [0.15, 0.2) is 18.2 Å². The Kier molecular flexibility index (Phi) is 6.67. The van der Waals surface area contributed by atoms with Crippen molar-refractivity contribution in [2.24, 2.45) is 5.92 Å². The lowest BCUT2D eigenvalue weighted by Crippen LogP contribution is -2.13. The lowest BCUT2D eigenvalue weighted by molar-refractivity contribution is 0.196. The van der Waals surface area contributed by atoms with E-state index in [4.69, 9.17) is 14.6 Å². The van der Waals surface area contributed by atoms with E-state index in [-0.39, 0.29) is 13.2 Å². The van der Waals surface area contributed by atoms with Crippen LogP contribution in [0.4, 0.5) is 5.69 Å². The summed E-state index contributed by atoms with van der Waals surface area (Å²) in [4.78, 5) is 0. The highest BCUT2D eigenvalue weighted by Gasteiger charge is 2.12. The molecule has 118 valence electrons. The average Bonchev–Trinajstić information content (AvgIpc) is 2.79. The molecule has 1 aromatic rings. The van der Waals surface area contributed by atoms with Gasteiger partial charge in [0.05, 0.1) is 13.7 Å². The van der Waals surface area contributed by atoms with Crippen molar-refractivity contribution in [2.45, 2.75) is 38.5 Å². The van der Waals surface area contributed by atoms with Gasteiger partial charge in [-0.05, 0) is 30.9 Å². The summed E-state index contributed by atoms with van der Waals surface area (Å²) >= 11 is 0. The minimum absolute atomic E-state index is 0.00286. The number of rotatable bonds is 7. The Morgan fingerprint density at radius 2 is 1.90 bits per heavy atom. The van der Waals surface area contributed by atoms with Gasteiger partial charge in [-0.3, -0.25) is 0 Å². The summed E-state index contributed by atoms with van der Waals surface area (Å²) < 4.78 is 10.8. The maximum absolute atomic E-state index is 8.88. The Labute approximate surface area is 127 Å². The Hall–Kier alpha value is -1.42. The third kappa shape index (κ3) is 5.12. The standard InChI is InChI=1S/C17H27NO3/c1-20-16-9-8-15(12-17(16)21-11-10-19)18-13-14-6-4-2-3-5-7-14/h8-9,12,14,18-19H,2-7,10-11,13H2,1H3. The molecule has 0 spiro atoms. The maximum Gasteiger partial charge on any atom is 0.163 e. The van der Waals surface area contributed by atoms with E-state index in [1.807, 2.05) is 18.2 Å². The first-order valence-corrected chi connectivity index (χ1v) is 7.99. The molecule has 4 heteroatoms. The van der Waals surface area contributed by atoms with E-state index in [0.717, 1.165) is 18.2 Å². The molecule has 1 aromatic carbocycles. The molecule has 0 bridgehead atoms. The number of benzene rings is 1. The average molecular weight is 293 g/mol. The normalized spacial score (nSPS) is 16.3. The Balaban J connectivity index is 1.92. The Bertz CT molecular complexity index is 414. The molecule has 1 aliphatic carbocycles. The van der Waals surface area contributed by atoms with Crippen molar-refractivity contribution in [3.05, 3.63) is 18.2 Å². The summed E-state index contributed by atoms with van der Waals surface area (Å²) in [5.41, 5.74) is 1.05. The summed E-state index contributed by atoms with van der Waals surface area (Å²) in [5.74, 6) is 2.15. The number of hydrogen-bond acceptors (Lipinski definition) is 4. The zero-order valence-electron chi connectivity index (χ0n) is 12.9. The van der Waals surface area contributed by atoms with E-state index >= 15 is 0 Å². The lowest BCUT2D eigenvalue weighted by Gasteiger charge is -2.17. The summed E-state index contributed by atoms with van der Waals surface area (Å²) in [7, 11) is 1.62. The van der Waals surface area contributed by atoms with Crippen LogP contribution in [-0.4, -0.2) is 32.0 Å². The molecule has 0 aromatic heterocycles. The summed E-state index contributed by atoms with van der Waals surface area (Å²) in [6, 6.07) is 5.87. The van der Waals surface area contributed by atoms with Crippen molar-refractivity contribution in [3.8, 4) is 11.5 Å².